The maximum absolute atomic E-state index is 12.1. The van der Waals surface area contributed by atoms with Crippen LogP contribution in [0.15, 0.2) is 30.3 Å². The fourth-order valence-electron chi connectivity index (χ4n) is 2.44. The summed E-state index contributed by atoms with van der Waals surface area (Å²) >= 11 is 0. The Morgan fingerprint density at radius 1 is 1.37 bits per heavy atom. The van der Waals surface area contributed by atoms with Crippen molar-refractivity contribution in [3.05, 3.63) is 35.9 Å². The summed E-state index contributed by atoms with van der Waals surface area (Å²) in [6, 6.07) is 9.60. The van der Waals surface area contributed by atoms with Crippen LogP contribution in [-0.2, 0) is 11.2 Å². The fraction of sp³-hybridized carbons (Fsp3) is 0.533. The third-order valence-corrected chi connectivity index (χ3v) is 3.52. The van der Waals surface area contributed by atoms with Gasteiger partial charge in [-0.25, -0.2) is 0 Å². The second-order valence-electron chi connectivity index (χ2n) is 5.08. The van der Waals surface area contributed by atoms with Crippen LogP contribution in [0.25, 0.3) is 0 Å². The Hall–Kier alpha value is -1.39. The highest BCUT2D eigenvalue weighted by atomic mass is 16.3. The van der Waals surface area contributed by atoms with E-state index in [-0.39, 0.29) is 24.6 Å². The zero-order valence-corrected chi connectivity index (χ0v) is 11.1. The first-order chi connectivity index (χ1) is 9.29. The molecular weight excluding hydrogens is 240 g/mol. The van der Waals surface area contributed by atoms with Crippen LogP contribution in [-0.4, -0.2) is 36.2 Å². The van der Waals surface area contributed by atoms with Crippen molar-refractivity contribution >= 4 is 5.91 Å². The summed E-state index contributed by atoms with van der Waals surface area (Å²) in [5, 5.41) is 15.6. The second kappa shape index (κ2) is 7.26. The average Bonchev–Trinajstić information content (AvgIpc) is 2.48. The van der Waals surface area contributed by atoms with Crippen molar-refractivity contribution in [3.63, 3.8) is 0 Å². The first-order valence-electron chi connectivity index (χ1n) is 6.98. The first-order valence-corrected chi connectivity index (χ1v) is 6.98. The van der Waals surface area contributed by atoms with Crippen molar-refractivity contribution in [2.45, 2.75) is 37.8 Å². The van der Waals surface area contributed by atoms with Gasteiger partial charge in [0.1, 0.15) is 0 Å². The molecule has 1 aliphatic heterocycles. The fourth-order valence-corrected chi connectivity index (χ4v) is 2.44. The average molecular weight is 262 g/mol. The quantitative estimate of drug-likeness (QED) is 0.737. The summed E-state index contributed by atoms with van der Waals surface area (Å²) < 4.78 is 0. The van der Waals surface area contributed by atoms with Crippen molar-refractivity contribution in [2.75, 3.05) is 13.2 Å². The monoisotopic (exact) mass is 262 g/mol. The summed E-state index contributed by atoms with van der Waals surface area (Å²) in [6.45, 7) is 0.869. The van der Waals surface area contributed by atoms with E-state index in [9.17, 15) is 9.90 Å². The minimum Gasteiger partial charge on any atom is -0.394 e. The molecule has 1 heterocycles. The van der Waals surface area contributed by atoms with Crippen molar-refractivity contribution in [3.8, 4) is 0 Å². The maximum Gasteiger partial charge on any atom is 0.237 e. The maximum atomic E-state index is 12.1. The van der Waals surface area contributed by atoms with Gasteiger partial charge in [0.25, 0.3) is 0 Å². The summed E-state index contributed by atoms with van der Waals surface area (Å²) in [4.78, 5) is 12.1. The van der Waals surface area contributed by atoms with E-state index >= 15 is 0 Å². The van der Waals surface area contributed by atoms with Crippen LogP contribution in [0.3, 0.4) is 0 Å². The van der Waals surface area contributed by atoms with Crippen LogP contribution in [0.4, 0.5) is 0 Å². The van der Waals surface area contributed by atoms with Gasteiger partial charge in [0.2, 0.25) is 5.91 Å². The minimum absolute atomic E-state index is 0.00896. The Morgan fingerprint density at radius 2 is 2.16 bits per heavy atom. The molecule has 0 aliphatic carbocycles. The zero-order chi connectivity index (χ0) is 13.5. The Morgan fingerprint density at radius 3 is 2.79 bits per heavy atom. The first kappa shape index (κ1) is 14.0. The largest absolute Gasteiger partial charge is 0.394 e. The lowest BCUT2D eigenvalue weighted by Crippen LogP contribution is -2.51. The second-order valence-corrected chi connectivity index (χ2v) is 5.08. The zero-order valence-electron chi connectivity index (χ0n) is 11.1. The van der Waals surface area contributed by atoms with Gasteiger partial charge in [-0.05, 0) is 31.4 Å². The molecule has 1 fully saturated rings. The molecule has 2 rings (SSSR count). The molecule has 0 unspecified atom stereocenters. The molecule has 4 nitrogen and oxygen atoms in total. The summed E-state index contributed by atoms with van der Waals surface area (Å²) in [7, 11) is 0. The lowest BCUT2D eigenvalue weighted by molar-refractivity contribution is -0.124. The number of aliphatic hydroxyl groups excluding tert-OH is 1. The van der Waals surface area contributed by atoms with Gasteiger partial charge in [-0.3, -0.25) is 4.79 Å². The summed E-state index contributed by atoms with van der Waals surface area (Å²) in [5.41, 5.74) is 1.12. The van der Waals surface area contributed by atoms with E-state index in [1.807, 2.05) is 30.3 Å². The smallest absolute Gasteiger partial charge is 0.237 e. The van der Waals surface area contributed by atoms with Gasteiger partial charge in [-0.2, -0.15) is 0 Å². The van der Waals surface area contributed by atoms with Crippen molar-refractivity contribution in [1.82, 2.24) is 10.6 Å². The molecule has 3 N–H and O–H groups in total. The molecule has 1 aliphatic rings. The number of hydrogen-bond acceptors (Lipinski definition) is 3. The van der Waals surface area contributed by atoms with Gasteiger partial charge in [0.15, 0.2) is 0 Å². The third-order valence-electron chi connectivity index (χ3n) is 3.52. The van der Waals surface area contributed by atoms with Crippen LogP contribution in [0.1, 0.15) is 24.8 Å². The minimum atomic E-state index is -0.210. The van der Waals surface area contributed by atoms with Crippen LogP contribution >= 0.6 is 0 Å². The highest BCUT2D eigenvalue weighted by molar-refractivity contribution is 5.82. The SMILES string of the molecule is O=C(N[C@H](CO)Cc1ccccc1)[C@H]1CCCCN1. The Kier molecular flexibility index (Phi) is 5.36. The number of piperidine rings is 1. The van der Waals surface area contributed by atoms with Crippen LogP contribution in [0.5, 0.6) is 0 Å². The molecule has 0 radical (unpaired) electrons. The molecule has 4 heteroatoms. The molecule has 0 aromatic heterocycles. The molecule has 2 atom stereocenters. The normalized spacial score (nSPS) is 20.8. The number of carbonyl (C=O) groups excluding carboxylic acids is 1. The van der Waals surface area contributed by atoms with E-state index in [4.69, 9.17) is 0 Å². The van der Waals surface area contributed by atoms with Crippen molar-refractivity contribution in [2.24, 2.45) is 0 Å². The molecule has 0 saturated carbocycles. The number of amides is 1. The van der Waals surface area contributed by atoms with Gasteiger partial charge in [0.05, 0.1) is 18.7 Å². The van der Waals surface area contributed by atoms with Crippen LogP contribution in [0, 0.1) is 0 Å². The van der Waals surface area contributed by atoms with Gasteiger partial charge in [-0.1, -0.05) is 36.8 Å². The summed E-state index contributed by atoms with van der Waals surface area (Å²) in [6.07, 6.45) is 3.77. The highest BCUT2D eigenvalue weighted by Crippen LogP contribution is 2.08. The molecule has 1 amide bonds. The molecule has 0 bridgehead atoms. The Balaban J connectivity index is 1.86. The Labute approximate surface area is 114 Å². The number of hydrogen-bond donors (Lipinski definition) is 3. The standard InChI is InChI=1S/C15H22N2O2/c18-11-13(10-12-6-2-1-3-7-12)17-15(19)14-8-4-5-9-16-14/h1-3,6-7,13-14,16,18H,4-5,8-11H2,(H,17,19)/t13-,14+/m0/s1. The Bertz CT molecular complexity index is 388. The van der Waals surface area contributed by atoms with E-state index in [0.717, 1.165) is 31.4 Å². The molecule has 19 heavy (non-hydrogen) atoms. The number of aliphatic hydroxyl groups is 1. The molecule has 1 saturated heterocycles. The van der Waals surface area contributed by atoms with E-state index in [2.05, 4.69) is 10.6 Å². The van der Waals surface area contributed by atoms with E-state index in [1.54, 1.807) is 0 Å². The summed E-state index contributed by atoms with van der Waals surface area (Å²) in [5.74, 6) is 0.00896. The lowest BCUT2D eigenvalue weighted by atomic mass is 10.0. The third kappa shape index (κ3) is 4.33. The van der Waals surface area contributed by atoms with E-state index < -0.39 is 0 Å². The van der Waals surface area contributed by atoms with E-state index in [1.165, 1.54) is 0 Å². The highest BCUT2D eigenvalue weighted by Gasteiger charge is 2.22. The van der Waals surface area contributed by atoms with Crippen molar-refractivity contribution in [1.29, 1.82) is 0 Å². The number of nitrogens with one attached hydrogen (secondary N) is 2. The van der Waals surface area contributed by atoms with Crippen LogP contribution < -0.4 is 10.6 Å². The lowest BCUT2D eigenvalue weighted by Gasteiger charge is -2.25. The molecular formula is C15H22N2O2. The molecule has 104 valence electrons. The number of benzene rings is 1. The number of carbonyl (C=O) groups is 1. The van der Waals surface area contributed by atoms with Gasteiger partial charge < -0.3 is 15.7 Å². The van der Waals surface area contributed by atoms with E-state index in [0.29, 0.717) is 6.42 Å². The molecule has 1 aromatic rings. The van der Waals surface area contributed by atoms with Gasteiger partial charge >= 0.3 is 0 Å². The van der Waals surface area contributed by atoms with Gasteiger partial charge in [0, 0.05) is 0 Å². The predicted octanol–water partition coefficient (Wildman–Crippen LogP) is 0.848. The molecule has 0 spiro atoms. The molecule has 1 aromatic carbocycles. The topological polar surface area (TPSA) is 61.4 Å². The number of rotatable bonds is 5. The van der Waals surface area contributed by atoms with Crippen LogP contribution in [0.2, 0.25) is 0 Å². The van der Waals surface area contributed by atoms with Gasteiger partial charge in [-0.15, -0.1) is 0 Å². The van der Waals surface area contributed by atoms with Crippen molar-refractivity contribution < 1.29 is 9.90 Å². The predicted molar refractivity (Wildman–Crippen MR) is 74.8 cm³/mol.